The van der Waals surface area contributed by atoms with Crippen molar-refractivity contribution in [3.05, 3.63) is 48.3 Å². The zero-order chi connectivity index (χ0) is 23.8. The molecule has 0 unspecified atom stereocenters. The van der Waals surface area contributed by atoms with Gasteiger partial charge in [0.1, 0.15) is 17.8 Å². The van der Waals surface area contributed by atoms with E-state index in [0.29, 0.717) is 41.7 Å². The van der Waals surface area contributed by atoms with Crippen LogP contribution in [0.3, 0.4) is 0 Å². The summed E-state index contributed by atoms with van der Waals surface area (Å²) >= 11 is 0. The van der Waals surface area contributed by atoms with Crippen LogP contribution in [0.2, 0.25) is 0 Å². The summed E-state index contributed by atoms with van der Waals surface area (Å²) in [6.45, 7) is 1.94. The third-order valence-electron chi connectivity index (χ3n) is 6.57. The molecule has 34 heavy (non-hydrogen) atoms. The maximum atomic E-state index is 12.7. The van der Waals surface area contributed by atoms with Crippen molar-refractivity contribution in [2.24, 2.45) is 0 Å². The monoisotopic (exact) mass is 461 g/mol. The molecule has 1 aromatic carbocycles. The number of nitrogen functional groups attached to an aromatic ring is 1. The Hall–Kier alpha value is -3.79. The van der Waals surface area contributed by atoms with E-state index in [1.165, 1.54) is 31.3 Å². The Morgan fingerprint density at radius 3 is 2.68 bits per heavy atom. The molecule has 0 radical (unpaired) electrons. The topological polar surface area (TPSA) is 130 Å². The van der Waals surface area contributed by atoms with Crippen molar-refractivity contribution >= 4 is 28.7 Å². The average molecular weight is 462 g/mol. The second kappa shape index (κ2) is 8.86. The van der Waals surface area contributed by atoms with Crippen LogP contribution in [0, 0.1) is 0 Å². The number of carbonyl (C=O) groups excluding carboxylic acids is 1. The van der Waals surface area contributed by atoms with Crippen LogP contribution in [0.15, 0.2) is 42.7 Å². The van der Waals surface area contributed by atoms with Gasteiger partial charge in [0.2, 0.25) is 5.91 Å². The van der Waals surface area contributed by atoms with Crippen molar-refractivity contribution in [2.75, 3.05) is 32.4 Å². The minimum Gasteiger partial charge on any atom is -0.478 e. The molecule has 3 N–H and O–H groups in total. The number of carboxylic acids is 1. The Morgan fingerprint density at radius 1 is 1.21 bits per heavy atom. The highest BCUT2D eigenvalue weighted by molar-refractivity contribution is 5.99. The van der Waals surface area contributed by atoms with Gasteiger partial charge >= 0.3 is 5.97 Å². The summed E-state index contributed by atoms with van der Waals surface area (Å²) in [6, 6.07) is 7.09. The third-order valence-corrected chi connectivity index (χ3v) is 6.57. The van der Waals surface area contributed by atoms with Crippen molar-refractivity contribution in [1.82, 2.24) is 29.5 Å². The second-order valence-electron chi connectivity index (χ2n) is 8.93. The van der Waals surface area contributed by atoms with Gasteiger partial charge < -0.3 is 15.7 Å². The highest BCUT2D eigenvalue weighted by Gasteiger charge is 2.30. The zero-order valence-corrected chi connectivity index (χ0v) is 19.0. The van der Waals surface area contributed by atoms with Crippen LogP contribution in [0.1, 0.15) is 35.7 Å². The summed E-state index contributed by atoms with van der Waals surface area (Å²) in [5.41, 5.74) is 8.30. The molecule has 5 rings (SSSR count). The van der Waals surface area contributed by atoms with Gasteiger partial charge in [0.05, 0.1) is 17.0 Å². The molecule has 2 aliphatic rings. The van der Waals surface area contributed by atoms with Gasteiger partial charge in [0.15, 0.2) is 5.65 Å². The van der Waals surface area contributed by atoms with Crippen LogP contribution in [0.25, 0.3) is 22.3 Å². The third kappa shape index (κ3) is 4.24. The molecule has 1 amide bonds. The molecular formula is C24H27N7O3. The van der Waals surface area contributed by atoms with Gasteiger partial charge in [0.25, 0.3) is 0 Å². The number of hydrogen-bond donors (Lipinski definition) is 2. The van der Waals surface area contributed by atoms with E-state index in [1.54, 1.807) is 18.2 Å². The number of nitrogens with zero attached hydrogens (tertiary/aromatic N) is 6. The Morgan fingerprint density at radius 2 is 1.97 bits per heavy atom. The van der Waals surface area contributed by atoms with E-state index in [1.807, 2.05) is 15.7 Å². The summed E-state index contributed by atoms with van der Waals surface area (Å²) in [5, 5.41) is 14.6. The summed E-state index contributed by atoms with van der Waals surface area (Å²) < 4.78 is 1.83. The lowest BCUT2D eigenvalue weighted by Crippen LogP contribution is -2.28. The van der Waals surface area contributed by atoms with E-state index < -0.39 is 5.97 Å². The van der Waals surface area contributed by atoms with E-state index in [-0.39, 0.29) is 17.5 Å². The Labute approximate surface area is 196 Å². The number of amides is 1. The van der Waals surface area contributed by atoms with Crippen LogP contribution < -0.4 is 5.73 Å². The number of carboxylic acid groups (broad SMARTS) is 1. The number of nitrogens with two attached hydrogens (primary N) is 1. The highest BCUT2D eigenvalue weighted by atomic mass is 16.4. The quantitative estimate of drug-likeness (QED) is 0.512. The molecule has 10 nitrogen and oxygen atoms in total. The predicted octanol–water partition coefficient (Wildman–Crippen LogP) is 2.20. The van der Waals surface area contributed by atoms with Gasteiger partial charge in [-0.05, 0) is 38.4 Å². The van der Waals surface area contributed by atoms with E-state index in [4.69, 9.17) is 10.8 Å². The Kier molecular flexibility index (Phi) is 5.74. The smallest absolute Gasteiger partial charge is 0.335 e. The van der Waals surface area contributed by atoms with Crippen LogP contribution in [-0.2, 0) is 4.79 Å². The number of aromatic carboxylic acids is 1. The number of hydrogen-bond acceptors (Lipinski definition) is 7. The zero-order valence-electron chi connectivity index (χ0n) is 19.0. The first-order valence-electron chi connectivity index (χ1n) is 11.4. The molecule has 2 aromatic heterocycles. The number of likely N-dealkylation sites (tertiary alicyclic amines) is 1. The molecule has 1 saturated heterocycles. The first-order valence-corrected chi connectivity index (χ1v) is 11.4. The summed E-state index contributed by atoms with van der Waals surface area (Å²) in [7, 11) is 2.08. The molecule has 2 fully saturated rings. The number of fused-ring (bicyclic) bond motifs is 1. The van der Waals surface area contributed by atoms with Gasteiger partial charge in [-0.1, -0.05) is 18.2 Å². The SMILES string of the molecule is CN(C/C=C/C(=O)N1CC[C@@H](n2nc(-c3ccc(C(=O)O)cc3)c3c(N)ncnc32)C1)C1CC1. The van der Waals surface area contributed by atoms with Gasteiger partial charge in [-0.15, -0.1) is 0 Å². The Bertz CT molecular complexity index is 1260. The number of anilines is 1. The van der Waals surface area contributed by atoms with Crippen LogP contribution >= 0.6 is 0 Å². The number of aromatic nitrogens is 4. The number of benzene rings is 1. The average Bonchev–Trinajstić information content (AvgIpc) is 3.44. The predicted molar refractivity (Wildman–Crippen MR) is 127 cm³/mol. The fourth-order valence-electron chi connectivity index (χ4n) is 4.45. The number of rotatable bonds is 7. The molecule has 1 atom stereocenters. The summed E-state index contributed by atoms with van der Waals surface area (Å²) in [5.74, 6) is -0.683. The fourth-order valence-corrected chi connectivity index (χ4v) is 4.45. The van der Waals surface area contributed by atoms with Crippen molar-refractivity contribution in [3.63, 3.8) is 0 Å². The summed E-state index contributed by atoms with van der Waals surface area (Å²) in [4.78, 5) is 36.6. The fraction of sp³-hybridized carbons (Fsp3) is 0.375. The van der Waals surface area contributed by atoms with Crippen LogP contribution in [-0.4, -0.2) is 79.3 Å². The van der Waals surface area contributed by atoms with E-state index in [2.05, 4.69) is 21.9 Å². The molecule has 176 valence electrons. The minimum atomic E-state index is -0.992. The van der Waals surface area contributed by atoms with E-state index in [9.17, 15) is 14.7 Å². The Balaban J connectivity index is 1.38. The number of likely N-dealkylation sites (N-methyl/N-ethyl adjacent to an activating group) is 1. The molecule has 3 aromatic rings. The molecule has 0 spiro atoms. The van der Waals surface area contributed by atoms with Crippen molar-refractivity contribution < 1.29 is 14.7 Å². The highest BCUT2D eigenvalue weighted by Crippen LogP contribution is 2.34. The van der Waals surface area contributed by atoms with Gasteiger partial charge in [-0.2, -0.15) is 5.10 Å². The lowest BCUT2D eigenvalue weighted by molar-refractivity contribution is -0.125. The minimum absolute atomic E-state index is 0.00165. The van der Waals surface area contributed by atoms with Gasteiger partial charge in [-0.25, -0.2) is 19.4 Å². The van der Waals surface area contributed by atoms with Crippen LogP contribution in [0.4, 0.5) is 5.82 Å². The van der Waals surface area contributed by atoms with Gasteiger partial charge in [-0.3, -0.25) is 9.69 Å². The molecular weight excluding hydrogens is 434 g/mol. The lowest BCUT2D eigenvalue weighted by atomic mass is 10.1. The van der Waals surface area contributed by atoms with Crippen LogP contribution in [0.5, 0.6) is 0 Å². The van der Waals surface area contributed by atoms with Crippen molar-refractivity contribution in [3.8, 4) is 11.3 Å². The van der Waals surface area contributed by atoms with E-state index in [0.717, 1.165) is 18.5 Å². The first-order chi connectivity index (χ1) is 16.4. The molecule has 1 aliphatic heterocycles. The molecule has 1 aliphatic carbocycles. The largest absolute Gasteiger partial charge is 0.478 e. The second-order valence-corrected chi connectivity index (χ2v) is 8.93. The lowest BCUT2D eigenvalue weighted by Gasteiger charge is -2.16. The van der Waals surface area contributed by atoms with E-state index >= 15 is 0 Å². The number of carbonyl (C=O) groups is 2. The maximum absolute atomic E-state index is 12.7. The molecule has 0 bridgehead atoms. The normalized spacial score (nSPS) is 18.4. The summed E-state index contributed by atoms with van der Waals surface area (Å²) in [6.07, 6.45) is 8.24. The first kappa shape index (κ1) is 22.0. The van der Waals surface area contributed by atoms with Crippen molar-refractivity contribution in [2.45, 2.75) is 31.3 Å². The standard InChI is InChI=1S/C24H27N7O3/c1-29(17-8-9-17)11-2-3-19(32)30-12-10-18(13-30)31-23-20(22(25)26-14-27-23)21(28-31)15-4-6-16(7-5-15)24(33)34/h2-7,14,17-18H,8-13H2,1H3,(H,33,34)(H2,25,26,27)/b3-2+/t18-/m1/s1. The van der Waals surface area contributed by atoms with Gasteiger partial charge in [0, 0.05) is 37.3 Å². The van der Waals surface area contributed by atoms with Crippen molar-refractivity contribution in [1.29, 1.82) is 0 Å². The molecule has 10 heteroatoms. The molecule has 1 saturated carbocycles. The maximum Gasteiger partial charge on any atom is 0.335 e. The molecule has 3 heterocycles.